The Morgan fingerprint density at radius 3 is 1.48 bits per heavy atom. The molecule has 5 nitrogen and oxygen atoms in total. The number of aromatic nitrogens is 4. The van der Waals surface area contributed by atoms with Gasteiger partial charge in [0.05, 0.1) is 16.6 Å². The molecule has 0 saturated carbocycles. The Morgan fingerprint density at radius 1 is 0.328 bits per heavy atom. The largest absolute Gasteiger partial charge is 0.456 e. The predicted octanol–water partition coefficient (Wildman–Crippen LogP) is 14.4. The molecular formula is C59H36N4O. The lowest BCUT2D eigenvalue weighted by atomic mass is 9.65. The van der Waals surface area contributed by atoms with Crippen LogP contribution >= 0.6 is 0 Å². The Bertz CT molecular complexity index is 3540. The minimum Gasteiger partial charge on any atom is -0.456 e. The van der Waals surface area contributed by atoms with Crippen LogP contribution in [0.2, 0.25) is 0 Å². The number of ether oxygens (including phenoxy) is 1. The van der Waals surface area contributed by atoms with Crippen molar-refractivity contribution in [1.82, 2.24) is 19.9 Å². The molecule has 13 rings (SSSR count). The molecule has 0 bridgehead atoms. The van der Waals surface area contributed by atoms with Crippen LogP contribution in [0.4, 0.5) is 0 Å². The molecule has 1 aliphatic heterocycles. The molecule has 0 unspecified atom stereocenters. The van der Waals surface area contributed by atoms with E-state index in [-0.39, 0.29) is 0 Å². The van der Waals surface area contributed by atoms with E-state index in [2.05, 4.69) is 158 Å². The van der Waals surface area contributed by atoms with Crippen molar-refractivity contribution in [3.8, 4) is 79.2 Å². The first kappa shape index (κ1) is 36.1. The average molecular weight is 817 g/mol. The number of para-hydroxylation sites is 1. The summed E-state index contributed by atoms with van der Waals surface area (Å²) >= 11 is 0. The molecule has 5 heteroatoms. The predicted molar refractivity (Wildman–Crippen MR) is 257 cm³/mol. The maximum atomic E-state index is 7.22. The van der Waals surface area contributed by atoms with E-state index in [9.17, 15) is 0 Å². The van der Waals surface area contributed by atoms with Gasteiger partial charge in [0, 0.05) is 49.5 Å². The zero-order valence-corrected chi connectivity index (χ0v) is 34.5. The van der Waals surface area contributed by atoms with Crippen LogP contribution in [0.1, 0.15) is 22.3 Å². The molecule has 64 heavy (non-hydrogen) atoms. The first-order valence-corrected chi connectivity index (χ1v) is 21.6. The van der Waals surface area contributed by atoms with Gasteiger partial charge in [0.1, 0.15) is 11.5 Å². The van der Waals surface area contributed by atoms with Gasteiger partial charge in [0.25, 0.3) is 0 Å². The minimum absolute atomic E-state index is 0.579. The van der Waals surface area contributed by atoms with Crippen LogP contribution in [0.3, 0.4) is 0 Å². The Kier molecular flexibility index (Phi) is 8.06. The van der Waals surface area contributed by atoms with E-state index in [0.717, 1.165) is 83.4 Å². The van der Waals surface area contributed by atoms with Gasteiger partial charge in [-0.2, -0.15) is 0 Å². The lowest BCUT2D eigenvalue weighted by Crippen LogP contribution is -2.32. The lowest BCUT2D eigenvalue weighted by Gasteiger charge is -2.40. The van der Waals surface area contributed by atoms with Crippen LogP contribution in [0, 0.1) is 0 Å². The van der Waals surface area contributed by atoms with Crippen molar-refractivity contribution in [1.29, 1.82) is 0 Å². The third kappa shape index (κ3) is 5.44. The number of benzene rings is 9. The fraction of sp³-hybridized carbons (Fsp3) is 0.0169. The van der Waals surface area contributed by atoms with Crippen molar-refractivity contribution in [2.75, 3.05) is 0 Å². The molecule has 9 aromatic carbocycles. The van der Waals surface area contributed by atoms with Crippen LogP contribution in [0.25, 0.3) is 89.4 Å². The summed E-state index contributed by atoms with van der Waals surface area (Å²) in [6.07, 6.45) is 0. The normalized spacial score (nSPS) is 12.9. The van der Waals surface area contributed by atoms with Crippen molar-refractivity contribution in [2.24, 2.45) is 0 Å². The van der Waals surface area contributed by atoms with E-state index in [1.165, 1.54) is 22.3 Å². The van der Waals surface area contributed by atoms with Gasteiger partial charge in [-0.15, -0.1) is 0 Å². The summed E-state index contributed by atoms with van der Waals surface area (Å²) in [4.78, 5) is 20.5. The third-order valence-electron chi connectivity index (χ3n) is 13.0. The summed E-state index contributed by atoms with van der Waals surface area (Å²) in [5.41, 5.74) is 14.4. The van der Waals surface area contributed by atoms with Gasteiger partial charge >= 0.3 is 0 Å². The van der Waals surface area contributed by atoms with Gasteiger partial charge in [-0.3, -0.25) is 0 Å². The van der Waals surface area contributed by atoms with Crippen molar-refractivity contribution in [2.45, 2.75) is 5.41 Å². The van der Waals surface area contributed by atoms with Gasteiger partial charge in [-0.1, -0.05) is 200 Å². The van der Waals surface area contributed by atoms with Gasteiger partial charge in [0.2, 0.25) is 0 Å². The highest BCUT2D eigenvalue weighted by Gasteiger charge is 2.51. The van der Waals surface area contributed by atoms with Crippen LogP contribution in [0.15, 0.2) is 218 Å². The van der Waals surface area contributed by atoms with Gasteiger partial charge in [0.15, 0.2) is 17.5 Å². The molecule has 0 radical (unpaired) electrons. The smallest absolute Gasteiger partial charge is 0.164 e. The quantitative estimate of drug-likeness (QED) is 0.162. The maximum absolute atomic E-state index is 7.22. The molecule has 1 spiro atoms. The zero-order chi connectivity index (χ0) is 42.2. The molecule has 11 aromatic rings. The maximum Gasteiger partial charge on any atom is 0.164 e. The number of rotatable bonds is 5. The number of nitrogens with zero attached hydrogens (tertiary/aromatic N) is 4. The van der Waals surface area contributed by atoms with E-state index in [0.29, 0.717) is 17.5 Å². The molecule has 2 aliphatic rings. The summed E-state index contributed by atoms with van der Waals surface area (Å²) in [5, 5.41) is 3.11. The molecule has 2 aromatic heterocycles. The number of fused-ring (bicyclic) bond motifs is 13. The average Bonchev–Trinajstić information content (AvgIpc) is 3.67. The molecule has 0 atom stereocenters. The molecule has 1 aliphatic carbocycles. The van der Waals surface area contributed by atoms with Crippen molar-refractivity contribution in [3.63, 3.8) is 0 Å². The second-order valence-electron chi connectivity index (χ2n) is 16.5. The molecule has 0 saturated heterocycles. The highest BCUT2D eigenvalue weighted by Crippen LogP contribution is 2.63. The SMILES string of the molecule is c1ccc(-c2nc(-c3ccccc3)nc(-c3cccc(-c4ccc5c(c4)nc(-c4ccccc4)c4ccc6c(c45)Oc4ccccc4C64c5ccccc5-c5ccccc54)c3)n2)cc1. The third-order valence-corrected chi connectivity index (χ3v) is 13.0. The number of hydrogen-bond donors (Lipinski definition) is 0. The lowest BCUT2D eigenvalue weighted by molar-refractivity contribution is 0.442. The number of pyridine rings is 1. The minimum atomic E-state index is -0.579. The van der Waals surface area contributed by atoms with Crippen LogP contribution in [-0.4, -0.2) is 19.9 Å². The highest BCUT2D eigenvalue weighted by atomic mass is 16.5. The fourth-order valence-corrected chi connectivity index (χ4v) is 10.2. The first-order valence-electron chi connectivity index (χ1n) is 21.6. The second kappa shape index (κ2) is 14.3. The summed E-state index contributed by atoms with van der Waals surface area (Å²) in [6, 6.07) is 76.6. The van der Waals surface area contributed by atoms with E-state index >= 15 is 0 Å². The molecule has 3 heterocycles. The first-order chi connectivity index (χ1) is 31.7. The van der Waals surface area contributed by atoms with Crippen molar-refractivity contribution >= 4 is 21.7 Å². The van der Waals surface area contributed by atoms with Gasteiger partial charge < -0.3 is 4.74 Å². The summed E-state index contributed by atoms with van der Waals surface area (Å²) in [7, 11) is 0. The summed E-state index contributed by atoms with van der Waals surface area (Å²) < 4.78 is 7.22. The van der Waals surface area contributed by atoms with Crippen LogP contribution < -0.4 is 4.74 Å². The Balaban J connectivity index is 1.03. The van der Waals surface area contributed by atoms with Gasteiger partial charge in [-0.05, 0) is 51.6 Å². The molecule has 0 N–H and O–H groups in total. The Labute approximate surface area is 370 Å². The summed E-state index contributed by atoms with van der Waals surface area (Å²) in [5.74, 6) is 3.59. The van der Waals surface area contributed by atoms with Crippen LogP contribution in [0.5, 0.6) is 11.5 Å². The highest BCUT2D eigenvalue weighted by molar-refractivity contribution is 6.15. The van der Waals surface area contributed by atoms with Crippen molar-refractivity contribution in [3.05, 3.63) is 241 Å². The van der Waals surface area contributed by atoms with Gasteiger partial charge in [-0.25, -0.2) is 19.9 Å². The second-order valence-corrected chi connectivity index (χ2v) is 16.5. The molecule has 0 amide bonds. The number of hydrogen-bond acceptors (Lipinski definition) is 5. The molecular weight excluding hydrogens is 781 g/mol. The van der Waals surface area contributed by atoms with E-state index < -0.39 is 5.41 Å². The molecule has 0 fully saturated rings. The van der Waals surface area contributed by atoms with Crippen LogP contribution in [-0.2, 0) is 5.41 Å². The monoisotopic (exact) mass is 816 g/mol. The Hall–Kier alpha value is -8.54. The van der Waals surface area contributed by atoms with E-state index in [1.54, 1.807) is 0 Å². The zero-order valence-electron chi connectivity index (χ0n) is 34.5. The summed E-state index contributed by atoms with van der Waals surface area (Å²) in [6.45, 7) is 0. The topological polar surface area (TPSA) is 60.8 Å². The standard InChI is InChI=1S/C59H36N4O/c1-4-17-37(18-5-1)54-46-33-34-50-55(64-52-30-15-14-29-49(52)59(50)47-27-12-10-25-43(47)44-26-11-13-28-48(44)59)53(46)45-32-31-41(36-51(45)60-54)40-23-16-24-42(35-40)58-62-56(38-19-6-2-7-20-38)61-57(63-58)39-21-8-3-9-22-39/h1-36H. The van der Waals surface area contributed by atoms with E-state index in [4.69, 9.17) is 24.7 Å². The van der Waals surface area contributed by atoms with Crippen molar-refractivity contribution < 1.29 is 4.74 Å². The van der Waals surface area contributed by atoms with E-state index in [1.807, 2.05) is 60.7 Å². The Morgan fingerprint density at radius 2 is 0.828 bits per heavy atom. The molecule has 298 valence electrons. The fourth-order valence-electron chi connectivity index (χ4n) is 10.2.